The molecule has 3 nitrogen and oxygen atoms in total. The van der Waals surface area contributed by atoms with Crippen molar-refractivity contribution < 1.29 is 4.42 Å². The van der Waals surface area contributed by atoms with Crippen LogP contribution in [-0.4, -0.2) is 12.6 Å². The summed E-state index contributed by atoms with van der Waals surface area (Å²) in [6.07, 6.45) is 4.33. The van der Waals surface area contributed by atoms with Crippen molar-refractivity contribution in [3.05, 3.63) is 53.5 Å². The molecule has 3 rings (SSSR count). The molecule has 1 heterocycles. The predicted molar refractivity (Wildman–Crippen MR) is 86.5 cm³/mol. The topological polar surface area (TPSA) is 28.4 Å². The van der Waals surface area contributed by atoms with E-state index in [-0.39, 0.29) is 0 Å². The second-order valence-corrected chi connectivity index (χ2v) is 5.85. The van der Waals surface area contributed by atoms with Crippen molar-refractivity contribution in [3.63, 3.8) is 0 Å². The van der Waals surface area contributed by atoms with Crippen LogP contribution in [0.3, 0.4) is 0 Å². The fourth-order valence-corrected chi connectivity index (χ4v) is 2.76. The first-order valence-electron chi connectivity index (χ1n) is 7.87. The molecule has 0 unspecified atom stereocenters. The Morgan fingerprint density at radius 1 is 1.29 bits per heavy atom. The zero-order chi connectivity index (χ0) is 14.7. The summed E-state index contributed by atoms with van der Waals surface area (Å²) >= 11 is 0. The van der Waals surface area contributed by atoms with Gasteiger partial charge in [-0.2, -0.15) is 0 Å². The zero-order valence-corrected chi connectivity index (χ0v) is 12.9. The third-order valence-corrected chi connectivity index (χ3v) is 4.00. The van der Waals surface area contributed by atoms with E-state index in [2.05, 4.69) is 48.3 Å². The Morgan fingerprint density at radius 2 is 2.14 bits per heavy atom. The van der Waals surface area contributed by atoms with Gasteiger partial charge in [0.1, 0.15) is 5.76 Å². The van der Waals surface area contributed by atoms with Gasteiger partial charge in [0.2, 0.25) is 0 Å². The average molecular weight is 284 g/mol. The molecule has 1 fully saturated rings. The number of hydrogen-bond acceptors (Lipinski definition) is 3. The van der Waals surface area contributed by atoms with Gasteiger partial charge >= 0.3 is 0 Å². The third-order valence-electron chi connectivity index (χ3n) is 4.00. The Bertz CT molecular complexity index is 573. The summed E-state index contributed by atoms with van der Waals surface area (Å²) in [6.45, 7) is 7.09. The van der Waals surface area contributed by atoms with Crippen molar-refractivity contribution in [1.29, 1.82) is 0 Å². The standard InChI is InChI=1S/C18H24N2O/c1-3-19-12-15-11-14(2)6-9-18(15)20(16-7-8-16)13-17-5-4-10-21-17/h4-6,9-11,16,19H,3,7-8,12-13H2,1-2H3. The number of aryl methyl sites for hydroxylation is 1. The van der Waals surface area contributed by atoms with E-state index in [1.165, 1.54) is 29.7 Å². The van der Waals surface area contributed by atoms with Gasteiger partial charge < -0.3 is 14.6 Å². The van der Waals surface area contributed by atoms with Crippen molar-refractivity contribution in [2.75, 3.05) is 11.4 Å². The molecule has 0 saturated heterocycles. The molecule has 2 aromatic rings. The maximum atomic E-state index is 5.55. The lowest BCUT2D eigenvalue weighted by Gasteiger charge is -2.27. The first-order chi connectivity index (χ1) is 10.3. The number of anilines is 1. The highest BCUT2D eigenvalue weighted by Gasteiger charge is 2.30. The quantitative estimate of drug-likeness (QED) is 0.836. The van der Waals surface area contributed by atoms with Crippen LogP contribution in [0.1, 0.15) is 36.7 Å². The summed E-state index contributed by atoms with van der Waals surface area (Å²) in [4.78, 5) is 2.50. The minimum atomic E-state index is 0.665. The Balaban J connectivity index is 1.87. The van der Waals surface area contributed by atoms with Gasteiger partial charge in [-0.3, -0.25) is 0 Å². The third kappa shape index (κ3) is 3.48. The minimum Gasteiger partial charge on any atom is -0.467 e. The Hall–Kier alpha value is -1.74. The van der Waals surface area contributed by atoms with Crippen molar-refractivity contribution in [3.8, 4) is 0 Å². The van der Waals surface area contributed by atoms with Gasteiger partial charge in [-0.15, -0.1) is 0 Å². The van der Waals surface area contributed by atoms with E-state index in [4.69, 9.17) is 4.42 Å². The summed E-state index contributed by atoms with van der Waals surface area (Å²) in [5.74, 6) is 1.04. The van der Waals surface area contributed by atoms with Crippen LogP contribution >= 0.6 is 0 Å². The number of hydrogen-bond donors (Lipinski definition) is 1. The number of nitrogens with zero attached hydrogens (tertiary/aromatic N) is 1. The van der Waals surface area contributed by atoms with Crippen molar-refractivity contribution in [2.45, 2.75) is 45.8 Å². The number of rotatable bonds is 7. The molecule has 0 aliphatic heterocycles. The maximum Gasteiger partial charge on any atom is 0.123 e. The highest BCUT2D eigenvalue weighted by atomic mass is 16.3. The monoisotopic (exact) mass is 284 g/mol. The van der Waals surface area contributed by atoms with E-state index < -0.39 is 0 Å². The summed E-state index contributed by atoms with van der Waals surface area (Å²) in [5.41, 5.74) is 4.05. The number of furan rings is 1. The van der Waals surface area contributed by atoms with Crippen LogP contribution in [-0.2, 0) is 13.1 Å². The lowest BCUT2D eigenvalue weighted by atomic mass is 10.1. The van der Waals surface area contributed by atoms with Gasteiger partial charge in [-0.25, -0.2) is 0 Å². The molecule has 1 aliphatic rings. The maximum absolute atomic E-state index is 5.55. The lowest BCUT2D eigenvalue weighted by Crippen LogP contribution is -2.27. The zero-order valence-electron chi connectivity index (χ0n) is 12.9. The van der Waals surface area contributed by atoms with E-state index in [9.17, 15) is 0 Å². The highest BCUT2D eigenvalue weighted by Crippen LogP contribution is 2.35. The van der Waals surface area contributed by atoms with Crippen molar-refractivity contribution in [1.82, 2.24) is 5.32 Å². The van der Waals surface area contributed by atoms with Gasteiger partial charge in [-0.1, -0.05) is 24.6 Å². The molecule has 1 aliphatic carbocycles. The van der Waals surface area contributed by atoms with Crippen LogP contribution in [0, 0.1) is 6.92 Å². The molecule has 1 aromatic heterocycles. The van der Waals surface area contributed by atoms with E-state index in [1.807, 2.05) is 6.07 Å². The molecule has 112 valence electrons. The lowest BCUT2D eigenvalue weighted by molar-refractivity contribution is 0.500. The molecule has 1 aromatic carbocycles. The van der Waals surface area contributed by atoms with Gasteiger partial charge in [-0.05, 0) is 50.1 Å². The van der Waals surface area contributed by atoms with Crippen LogP contribution in [0.2, 0.25) is 0 Å². The SMILES string of the molecule is CCNCc1cc(C)ccc1N(Cc1ccco1)C1CC1. The normalized spacial score (nSPS) is 14.4. The molecule has 0 bridgehead atoms. The van der Waals surface area contributed by atoms with Gasteiger partial charge in [0, 0.05) is 18.3 Å². The number of nitrogens with one attached hydrogen (secondary N) is 1. The Labute approximate surface area is 127 Å². The van der Waals surface area contributed by atoms with Crippen LogP contribution in [0.15, 0.2) is 41.0 Å². The molecule has 21 heavy (non-hydrogen) atoms. The van der Waals surface area contributed by atoms with E-state index in [0.717, 1.165) is 25.4 Å². The van der Waals surface area contributed by atoms with E-state index in [0.29, 0.717) is 6.04 Å². The fourth-order valence-electron chi connectivity index (χ4n) is 2.76. The second kappa shape index (κ2) is 6.35. The van der Waals surface area contributed by atoms with Crippen LogP contribution in [0.4, 0.5) is 5.69 Å². The molecule has 1 N–H and O–H groups in total. The molecule has 0 radical (unpaired) electrons. The molecular formula is C18H24N2O. The first-order valence-corrected chi connectivity index (χ1v) is 7.87. The molecule has 1 saturated carbocycles. The van der Waals surface area contributed by atoms with Crippen molar-refractivity contribution >= 4 is 5.69 Å². The first kappa shape index (κ1) is 14.2. The molecule has 0 spiro atoms. The van der Waals surface area contributed by atoms with E-state index in [1.54, 1.807) is 6.26 Å². The van der Waals surface area contributed by atoms with Crippen LogP contribution < -0.4 is 10.2 Å². The summed E-state index contributed by atoms with van der Waals surface area (Å²) in [7, 11) is 0. The van der Waals surface area contributed by atoms with E-state index >= 15 is 0 Å². The van der Waals surface area contributed by atoms with Gasteiger partial charge in [0.05, 0.1) is 12.8 Å². The smallest absolute Gasteiger partial charge is 0.123 e. The molecule has 0 atom stereocenters. The van der Waals surface area contributed by atoms with Crippen LogP contribution in [0.5, 0.6) is 0 Å². The van der Waals surface area contributed by atoms with Gasteiger partial charge in [0.25, 0.3) is 0 Å². The Morgan fingerprint density at radius 3 is 2.81 bits per heavy atom. The van der Waals surface area contributed by atoms with Crippen molar-refractivity contribution in [2.24, 2.45) is 0 Å². The molecule has 0 amide bonds. The van der Waals surface area contributed by atoms with Crippen LogP contribution in [0.25, 0.3) is 0 Å². The average Bonchev–Trinajstić information content (AvgIpc) is 3.20. The predicted octanol–water partition coefficient (Wildman–Crippen LogP) is 3.87. The Kier molecular flexibility index (Phi) is 4.30. The molecular weight excluding hydrogens is 260 g/mol. The fraction of sp³-hybridized carbons (Fsp3) is 0.444. The summed E-state index contributed by atoms with van der Waals surface area (Å²) < 4.78 is 5.55. The molecule has 3 heteroatoms. The van der Waals surface area contributed by atoms with Gasteiger partial charge in [0.15, 0.2) is 0 Å². The second-order valence-electron chi connectivity index (χ2n) is 5.85. The summed E-state index contributed by atoms with van der Waals surface area (Å²) in [6, 6.07) is 11.5. The highest BCUT2D eigenvalue weighted by molar-refractivity contribution is 5.56. The summed E-state index contributed by atoms with van der Waals surface area (Å²) in [5, 5.41) is 3.46. The minimum absolute atomic E-state index is 0.665. The largest absolute Gasteiger partial charge is 0.467 e. The number of benzene rings is 1.